The Morgan fingerprint density at radius 2 is 1.96 bits per heavy atom. The van der Waals surface area contributed by atoms with Crippen molar-refractivity contribution in [3.63, 3.8) is 0 Å². The van der Waals surface area contributed by atoms with Crippen LogP contribution in [0.5, 0.6) is 0 Å². The van der Waals surface area contributed by atoms with Crippen molar-refractivity contribution in [3.05, 3.63) is 28.8 Å². The minimum Gasteiger partial charge on any atom is -0.364 e. The van der Waals surface area contributed by atoms with E-state index in [4.69, 9.17) is 16.3 Å². The number of ether oxygens (including phenoxy) is 1. The van der Waals surface area contributed by atoms with Crippen LogP contribution in [0.2, 0.25) is 5.02 Å². The van der Waals surface area contributed by atoms with Gasteiger partial charge < -0.3 is 15.0 Å². The Kier molecular flexibility index (Phi) is 5.54. The van der Waals surface area contributed by atoms with E-state index in [0.29, 0.717) is 13.1 Å². The second-order valence-corrected chi connectivity index (χ2v) is 6.26. The zero-order valence-corrected chi connectivity index (χ0v) is 13.6. The third-order valence-corrected chi connectivity index (χ3v) is 3.82. The molecule has 0 bridgehead atoms. The number of carbonyl (C=O) groups excluding carboxylic acids is 1. The molecule has 0 aliphatic carbocycles. The smallest absolute Gasteiger partial charge is 0.364 e. The SMILES string of the molecule is C[C@@H]1C[NH+](CC(=O)Nc2ccc(Cl)cc2C(F)(F)F)C[C@H](C)O1. The van der Waals surface area contributed by atoms with Gasteiger partial charge in [-0.15, -0.1) is 0 Å². The molecule has 0 radical (unpaired) electrons. The summed E-state index contributed by atoms with van der Waals surface area (Å²) in [6.07, 6.45) is -4.55. The van der Waals surface area contributed by atoms with Crippen LogP contribution in [-0.2, 0) is 15.7 Å². The Hall–Kier alpha value is -1.31. The fourth-order valence-corrected chi connectivity index (χ4v) is 2.99. The average molecular weight is 352 g/mol. The number of halogens is 4. The van der Waals surface area contributed by atoms with Crippen LogP contribution in [0.25, 0.3) is 0 Å². The molecule has 1 heterocycles. The van der Waals surface area contributed by atoms with E-state index in [2.05, 4.69) is 5.32 Å². The lowest BCUT2D eigenvalue weighted by Gasteiger charge is -2.32. The van der Waals surface area contributed by atoms with Gasteiger partial charge in [0.1, 0.15) is 25.3 Å². The van der Waals surface area contributed by atoms with E-state index in [1.807, 2.05) is 13.8 Å². The summed E-state index contributed by atoms with van der Waals surface area (Å²) in [5.74, 6) is -0.464. The number of anilines is 1. The maximum Gasteiger partial charge on any atom is 0.418 e. The van der Waals surface area contributed by atoms with Crippen LogP contribution in [0, 0.1) is 0 Å². The van der Waals surface area contributed by atoms with Crippen LogP contribution in [0.15, 0.2) is 18.2 Å². The number of morpholine rings is 1. The number of amides is 1. The Labute approximate surface area is 137 Å². The first-order valence-corrected chi connectivity index (χ1v) is 7.68. The third-order valence-electron chi connectivity index (χ3n) is 3.59. The molecule has 2 N–H and O–H groups in total. The minimum absolute atomic E-state index is 0.0165. The molecule has 0 spiro atoms. The summed E-state index contributed by atoms with van der Waals surface area (Å²) in [4.78, 5) is 13.1. The van der Waals surface area contributed by atoms with E-state index >= 15 is 0 Å². The summed E-state index contributed by atoms with van der Waals surface area (Å²) >= 11 is 5.62. The molecule has 1 amide bonds. The van der Waals surface area contributed by atoms with Gasteiger partial charge in [-0.2, -0.15) is 13.2 Å². The Morgan fingerprint density at radius 1 is 1.35 bits per heavy atom. The van der Waals surface area contributed by atoms with Gasteiger partial charge in [0.25, 0.3) is 5.91 Å². The standard InChI is InChI=1S/C15H18ClF3N2O2/c1-9-6-21(7-10(2)23-9)8-14(22)20-13-4-3-11(16)5-12(13)15(17,18)19/h3-5,9-10H,6-8H2,1-2H3,(H,20,22)/p+1/t9-,10+. The van der Waals surface area contributed by atoms with Gasteiger partial charge in [0.15, 0.2) is 6.54 Å². The maximum absolute atomic E-state index is 13.0. The number of quaternary nitrogens is 1. The molecule has 128 valence electrons. The number of alkyl halides is 3. The monoisotopic (exact) mass is 351 g/mol. The molecule has 23 heavy (non-hydrogen) atoms. The average Bonchev–Trinajstić information content (AvgIpc) is 2.38. The topological polar surface area (TPSA) is 42.8 Å². The number of benzene rings is 1. The van der Waals surface area contributed by atoms with Crippen LogP contribution in [0.1, 0.15) is 19.4 Å². The molecule has 4 nitrogen and oxygen atoms in total. The van der Waals surface area contributed by atoms with Gasteiger partial charge in [-0.25, -0.2) is 0 Å². The van der Waals surface area contributed by atoms with E-state index in [-0.39, 0.29) is 29.5 Å². The fourth-order valence-electron chi connectivity index (χ4n) is 2.81. The van der Waals surface area contributed by atoms with Gasteiger partial charge in [0.2, 0.25) is 0 Å². The number of nitrogens with one attached hydrogen (secondary N) is 2. The lowest BCUT2D eigenvalue weighted by atomic mass is 10.1. The highest BCUT2D eigenvalue weighted by Crippen LogP contribution is 2.36. The number of rotatable bonds is 3. The van der Waals surface area contributed by atoms with Crippen molar-refractivity contribution >= 4 is 23.2 Å². The lowest BCUT2D eigenvalue weighted by Crippen LogP contribution is -3.16. The summed E-state index contributed by atoms with van der Waals surface area (Å²) in [6, 6.07) is 3.30. The predicted octanol–water partition coefficient (Wildman–Crippen LogP) is 1.99. The highest BCUT2D eigenvalue weighted by molar-refractivity contribution is 6.30. The zero-order chi connectivity index (χ0) is 17.2. The van der Waals surface area contributed by atoms with Crippen molar-refractivity contribution in [2.45, 2.75) is 32.2 Å². The molecule has 1 aliphatic rings. The summed E-state index contributed by atoms with van der Waals surface area (Å²) < 4.78 is 44.6. The molecule has 0 aromatic heterocycles. The molecule has 1 aromatic carbocycles. The van der Waals surface area contributed by atoms with Crippen LogP contribution in [0.4, 0.5) is 18.9 Å². The highest BCUT2D eigenvalue weighted by Gasteiger charge is 2.34. The molecule has 1 unspecified atom stereocenters. The zero-order valence-electron chi connectivity index (χ0n) is 12.8. The van der Waals surface area contributed by atoms with E-state index in [0.717, 1.165) is 11.0 Å². The van der Waals surface area contributed by atoms with Crippen molar-refractivity contribution in [1.82, 2.24) is 0 Å². The van der Waals surface area contributed by atoms with Crippen molar-refractivity contribution in [2.75, 3.05) is 25.0 Å². The van der Waals surface area contributed by atoms with Gasteiger partial charge in [0, 0.05) is 5.02 Å². The van der Waals surface area contributed by atoms with Gasteiger partial charge in [-0.05, 0) is 32.0 Å². The molecule has 1 aliphatic heterocycles. The largest absolute Gasteiger partial charge is 0.418 e. The molecule has 1 fully saturated rings. The van der Waals surface area contributed by atoms with E-state index in [1.54, 1.807) is 0 Å². The molecule has 0 saturated carbocycles. The van der Waals surface area contributed by atoms with Crippen molar-refractivity contribution in [2.24, 2.45) is 0 Å². The highest BCUT2D eigenvalue weighted by atomic mass is 35.5. The second-order valence-electron chi connectivity index (χ2n) is 5.83. The molecule has 1 saturated heterocycles. The second kappa shape index (κ2) is 7.07. The molecular weight excluding hydrogens is 333 g/mol. The number of hydrogen-bond donors (Lipinski definition) is 2. The number of hydrogen-bond acceptors (Lipinski definition) is 2. The fraction of sp³-hybridized carbons (Fsp3) is 0.533. The van der Waals surface area contributed by atoms with Crippen LogP contribution in [-0.4, -0.2) is 37.7 Å². The summed E-state index contributed by atoms with van der Waals surface area (Å²) in [7, 11) is 0. The first kappa shape index (κ1) is 18.0. The lowest BCUT2D eigenvalue weighted by molar-refractivity contribution is -0.907. The molecule has 8 heteroatoms. The van der Waals surface area contributed by atoms with Gasteiger partial charge in [-0.1, -0.05) is 11.6 Å². The summed E-state index contributed by atoms with van der Waals surface area (Å²) in [5.41, 5.74) is -1.22. The maximum atomic E-state index is 13.0. The molecular formula is C15H19ClF3N2O2+. The third kappa shape index (κ3) is 5.09. The Balaban J connectivity index is 2.06. The van der Waals surface area contributed by atoms with Crippen LogP contribution >= 0.6 is 11.6 Å². The first-order valence-electron chi connectivity index (χ1n) is 7.30. The van der Waals surface area contributed by atoms with Crippen molar-refractivity contribution < 1.29 is 27.6 Å². The van der Waals surface area contributed by atoms with Gasteiger partial charge in [-0.3, -0.25) is 4.79 Å². The van der Waals surface area contributed by atoms with E-state index < -0.39 is 17.6 Å². The van der Waals surface area contributed by atoms with Crippen LogP contribution < -0.4 is 10.2 Å². The van der Waals surface area contributed by atoms with Gasteiger partial charge in [0.05, 0.1) is 11.3 Å². The summed E-state index contributed by atoms with van der Waals surface area (Å²) in [5, 5.41) is 2.31. The molecule has 3 atom stereocenters. The van der Waals surface area contributed by atoms with Crippen molar-refractivity contribution in [3.8, 4) is 0 Å². The quantitative estimate of drug-likeness (QED) is 0.874. The predicted molar refractivity (Wildman–Crippen MR) is 80.7 cm³/mol. The van der Waals surface area contributed by atoms with Crippen molar-refractivity contribution in [1.29, 1.82) is 0 Å². The number of carbonyl (C=O) groups is 1. The normalized spacial score (nSPS) is 25.2. The Morgan fingerprint density at radius 3 is 2.52 bits per heavy atom. The Bertz CT molecular complexity index is 570. The molecule has 1 aromatic rings. The molecule has 2 rings (SSSR count). The summed E-state index contributed by atoms with van der Waals surface area (Å²) in [6.45, 7) is 5.20. The van der Waals surface area contributed by atoms with E-state index in [1.165, 1.54) is 12.1 Å². The van der Waals surface area contributed by atoms with Crippen LogP contribution in [0.3, 0.4) is 0 Å². The first-order chi connectivity index (χ1) is 10.6. The minimum atomic E-state index is -4.58. The van der Waals surface area contributed by atoms with E-state index in [9.17, 15) is 18.0 Å². The van der Waals surface area contributed by atoms with Gasteiger partial charge >= 0.3 is 6.18 Å².